The zero-order valence-corrected chi connectivity index (χ0v) is 14.6. The summed E-state index contributed by atoms with van der Waals surface area (Å²) in [5.74, 6) is -0.806. The summed E-state index contributed by atoms with van der Waals surface area (Å²) in [6.07, 6.45) is 0.627. The van der Waals surface area contributed by atoms with Crippen LogP contribution in [0, 0.1) is 0 Å². The number of aromatic nitrogens is 1. The highest BCUT2D eigenvalue weighted by atomic mass is 16.6. The van der Waals surface area contributed by atoms with Crippen molar-refractivity contribution in [3.05, 3.63) is 88.7 Å². The Labute approximate surface area is 155 Å². The van der Waals surface area contributed by atoms with Crippen molar-refractivity contribution in [3.63, 3.8) is 0 Å². The number of benzene rings is 1. The van der Waals surface area contributed by atoms with Gasteiger partial charge in [0.2, 0.25) is 5.76 Å². The summed E-state index contributed by atoms with van der Waals surface area (Å²) in [4.78, 5) is 36.0. The van der Waals surface area contributed by atoms with Gasteiger partial charge in [-0.3, -0.25) is 9.59 Å². The highest BCUT2D eigenvalue weighted by molar-refractivity contribution is 5.96. The van der Waals surface area contributed by atoms with Crippen LogP contribution in [0.25, 0.3) is 0 Å². The molecule has 1 atom stereocenters. The number of para-hydroxylation sites is 1. The molecule has 0 radical (unpaired) electrons. The maximum absolute atomic E-state index is 12.2. The minimum Gasteiger partial charge on any atom is -0.452 e. The number of nitrogens with one attached hydrogen (secondary N) is 1. The lowest BCUT2D eigenvalue weighted by molar-refractivity contribution is -0.123. The first-order valence-electron chi connectivity index (χ1n) is 8.34. The van der Waals surface area contributed by atoms with Crippen LogP contribution in [0.5, 0.6) is 0 Å². The van der Waals surface area contributed by atoms with Gasteiger partial charge < -0.3 is 19.0 Å². The lowest BCUT2D eigenvalue weighted by atomic mass is 10.3. The Hall–Kier alpha value is -3.61. The molecule has 0 spiro atoms. The van der Waals surface area contributed by atoms with E-state index in [2.05, 4.69) is 5.32 Å². The van der Waals surface area contributed by atoms with Crippen LogP contribution in [0.1, 0.15) is 23.2 Å². The van der Waals surface area contributed by atoms with E-state index in [9.17, 15) is 14.4 Å². The predicted molar refractivity (Wildman–Crippen MR) is 98.5 cm³/mol. The highest BCUT2D eigenvalue weighted by Gasteiger charge is 2.21. The molecule has 0 saturated carbocycles. The van der Waals surface area contributed by atoms with E-state index in [-0.39, 0.29) is 17.9 Å². The molecule has 0 bridgehead atoms. The molecule has 138 valence electrons. The number of hydrogen-bond acceptors (Lipinski definition) is 5. The largest absolute Gasteiger partial charge is 0.452 e. The first kappa shape index (κ1) is 18.2. The van der Waals surface area contributed by atoms with Gasteiger partial charge >= 0.3 is 5.97 Å². The summed E-state index contributed by atoms with van der Waals surface area (Å²) in [6.45, 7) is 1.67. The van der Waals surface area contributed by atoms with Crippen LogP contribution in [0.15, 0.2) is 76.1 Å². The van der Waals surface area contributed by atoms with Crippen LogP contribution in [-0.4, -0.2) is 22.5 Å². The van der Waals surface area contributed by atoms with Crippen molar-refractivity contribution < 1.29 is 18.7 Å². The molecular formula is C20H18N2O5. The van der Waals surface area contributed by atoms with Gasteiger partial charge in [0, 0.05) is 18.0 Å². The van der Waals surface area contributed by atoms with Gasteiger partial charge in [0.05, 0.1) is 6.54 Å². The molecule has 0 saturated heterocycles. The Bertz CT molecular complexity index is 991. The third-order valence-corrected chi connectivity index (χ3v) is 3.78. The monoisotopic (exact) mass is 366 g/mol. The lowest BCUT2D eigenvalue weighted by Crippen LogP contribution is -2.29. The van der Waals surface area contributed by atoms with E-state index in [1.165, 1.54) is 23.6 Å². The molecule has 0 aliphatic heterocycles. The molecule has 2 heterocycles. The first-order valence-corrected chi connectivity index (χ1v) is 8.34. The minimum atomic E-state index is -0.997. The zero-order valence-electron chi connectivity index (χ0n) is 14.6. The van der Waals surface area contributed by atoms with Crippen LogP contribution in [-0.2, 0) is 16.1 Å². The average molecular weight is 366 g/mol. The number of furan rings is 1. The molecule has 0 fully saturated rings. The molecule has 1 amide bonds. The van der Waals surface area contributed by atoms with Crippen molar-refractivity contribution in [2.75, 3.05) is 5.32 Å². The van der Waals surface area contributed by atoms with Crippen LogP contribution < -0.4 is 10.9 Å². The molecule has 27 heavy (non-hydrogen) atoms. The Morgan fingerprint density at radius 3 is 2.56 bits per heavy atom. The maximum Gasteiger partial charge on any atom is 0.375 e. The van der Waals surface area contributed by atoms with Crippen molar-refractivity contribution in [1.29, 1.82) is 0 Å². The SMILES string of the molecule is CC(OC(=O)c1ccc(Cn2ccccc2=O)o1)C(=O)Nc1ccccc1. The molecule has 3 aromatic rings. The van der Waals surface area contributed by atoms with Gasteiger partial charge in [-0.2, -0.15) is 0 Å². The van der Waals surface area contributed by atoms with Crippen LogP contribution >= 0.6 is 0 Å². The van der Waals surface area contributed by atoms with Gasteiger partial charge in [-0.05, 0) is 37.3 Å². The summed E-state index contributed by atoms with van der Waals surface area (Å²) in [7, 11) is 0. The van der Waals surface area contributed by atoms with Crippen molar-refractivity contribution in [3.8, 4) is 0 Å². The molecule has 1 N–H and O–H groups in total. The zero-order chi connectivity index (χ0) is 19.2. The van der Waals surface area contributed by atoms with Gasteiger partial charge in [-0.15, -0.1) is 0 Å². The quantitative estimate of drug-likeness (QED) is 0.678. The van der Waals surface area contributed by atoms with E-state index in [1.54, 1.807) is 48.7 Å². The van der Waals surface area contributed by atoms with E-state index < -0.39 is 18.0 Å². The van der Waals surface area contributed by atoms with Gasteiger partial charge in [-0.1, -0.05) is 24.3 Å². The fourth-order valence-corrected chi connectivity index (χ4v) is 2.37. The Kier molecular flexibility index (Phi) is 5.51. The molecule has 0 aliphatic carbocycles. The second kappa shape index (κ2) is 8.18. The number of ether oxygens (including phenoxy) is 1. The Morgan fingerprint density at radius 2 is 1.81 bits per heavy atom. The van der Waals surface area contributed by atoms with Crippen molar-refractivity contribution in [2.24, 2.45) is 0 Å². The molecular weight excluding hydrogens is 348 g/mol. The number of hydrogen-bond donors (Lipinski definition) is 1. The van der Waals surface area contributed by atoms with Crippen LogP contribution in [0.4, 0.5) is 5.69 Å². The number of carbonyl (C=O) groups is 2. The van der Waals surface area contributed by atoms with Crippen molar-refractivity contribution in [2.45, 2.75) is 19.6 Å². The fourth-order valence-electron chi connectivity index (χ4n) is 2.37. The average Bonchev–Trinajstić information content (AvgIpc) is 3.13. The Balaban J connectivity index is 1.59. The number of pyridine rings is 1. The van der Waals surface area contributed by atoms with Gasteiger partial charge in [-0.25, -0.2) is 4.79 Å². The van der Waals surface area contributed by atoms with E-state index in [1.807, 2.05) is 6.07 Å². The summed E-state index contributed by atoms with van der Waals surface area (Å²) in [5.41, 5.74) is 0.434. The highest BCUT2D eigenvalue weighted by Crippen LogP contribution is 2.12. The maximum atomic E-state index is 12.2. The summed E-state index contributed by atoms with van der Waals surface area (Å²) in [6, 6.07) is 16.7. The molecule has 7 heteroatoms. The van der Waals surface area contributed by atoms with Gasteiger partial charge in [0.15, 0.2) is 6.10 Å². The fraction of sp³-hybridized carbons (Fsp3) is 0.150. The van der Waals surface area contributed by atoms with Crippen LogP contribution in [0.3, 0.4) is 0 Å². The number of nitrogens with zero attached hydrogens (tertiary/aromatic N) is 1. The van der Waals surface area contributed by atoms with Crippen molar-refractivity contribution >= 4 is 17.6 Å². The Morgan fingerprint density at radius 1 is 1.07 bits per heavy atom. The lowest BCUT2D eigenvalue weighted by Gasteiger charge is -2.12. The number of amides is 1. The van der Waals surface area contributed by atoms with Crippen molar-refractivity contribution in [1.82, 2.24) is 4.57 Å². The number of esters is 1. The van der Waals surface area contributed by atoms with E-state index >= 15 is 0 Å². The second-order valence-electron chi connectivity index (χ2n) is 5.84. The molecule has 1 unspecified atom stereocenters. The smallest absolute Gasteiger partial charge is 0.375 e. The minimum absolute atomic E-state index is 0.0339. The summed E-state index contributed by atoms with van der Waals surface area (Å²) in [5, 5.41) is 2.66. The van der Waals surface area contributed by atoms with E-state index in [4.69, 9.17) is 9.15 Å². The number of anilines is 1. The van der Waals surface area contributed by atoms with Crippen LogP contribution in [0.2, 0.25) is 0 Å². The number of rotatable bonds is 6. The van der Waals surface area contributed by atoms with E-state index in [0.717, 1.165) is 0 Å². The molecule has 7 nitrogen and oxygen atoms in total. The molecule has 3 rings (SSSR count). The topological polar surface area (TPSA) is 90.5 Å². The third kappa shape index (κ3) is 4.72. The summed E-state index contributed by atoms with van der Waals surface area (Å²) >= 11 is 0. The standard InChI is InChI=1S/C20H18N2O5/c1-14(19(24)21-15-7-3-2-4-8-15)26-20(25)17-11-10-16(27-17)13-22-12-6-5-9-18(22)23/h2-12,14H,13H2,1H3,(H,21,24). The normalized spacial score (nSPS) is 11.6. The van der Waals surface area contributed by atoms with Gasteiger partial charge in [0.1, 0.15) is 5.76 Å². The summed E-state index contributed by atoms with van der Waals surface area (Å²) < 4.78 is 12.0. The third-order valence-electron chi connectivity index (χ3n) is 3.78. The first-order chi connectivity index (χ1) is 13.0. The van der Waals surface area contributed by atoms with E-state index in [0.29, 0.717) is 11.4 Å². The number of carbonyl (C=O) groups excluding carboxylic acids is 2. The predicted octanol–water partition coefficient (Wildman–Crippen LogP) is 2.67. The molecule has 0 aliphatic rings. The second-order valence-corrected chi connectivity index (χ2v) is 5.84. The molecule has 2 aromatic heterocycles. The van der Waals surface area contributed by atoms with Gasteiger partial charge in [0.25, 0.3) is 11.5 Å². The molecule has 1 aromatic carbocycles.